The largest absolute Gasteiger partial charge is 0.351 e. The van der Waals surface area contributed by atoms with Crippen molar-refractivity contribution in [3.05, 3.63) is 16.4 Å². The van der Waals surface area contributed by atoms with E-state index >= 15 is 0 Å². The minimum absolute atomic E-state index is 0.0771. The van der Waals surface area contributed by atoms with E-state index < -0.39 is 41.2 Å². The van der Waals surface area contributed by atoms with Gasteiger partial charge in [0, 0.05) is 6.04 Å². The van der Waals surface area contributed by atoms with Crippen LogP contribution in [0, 0.1) is 0 Å². The summed E-state index contributed by atoms with van der Waals surface area (Å²) >= 11 is 5.60. The Balaban J connectivity index is 2.17. The van der Waals surface area contributed by atoms with E-state index in [9.17, 15) is 22.4 Å². The highest BCUT2D eigenvalue weighted by atomic mass is 35.5. The first-order chi connectivity index (χ1) is 11.2. The third-order valence-corrected chi connectivity index (χ3v) is 4.52. The quantitative estimate of drug-likeness (QED) is 0.810. The van der Waals surface area contributed by atoms with Gasteiger partial charge in [-0.05, 0) is 39.9 Å². The second-order valence-corrected chi connectivity index (χ2v) is 6.27. The van der Waals surface area contributed by atoms with Crippen LogP contribution < -0.4 is 5.32 Å². The molecule has 2 rings (SSSR count). The Morgan fingerprint density at radius 3 is 2.33 bits per heavy atom. The summed E-state index contributed by atoms with van der Waals surface area (Å²) in [5.41, 5.74) is -1.80. The van der Waals surface area contributed by atoms with Gasteiger partial charge in [0.05, 0.1) is 5.02 Å². The Bertz CT molecular complexity index is 588. The molecule has 1 atom stereocenters. The van der Waals surface area contributed by atoms with E-state index in [1.54, 1.807) is 0 Å². The van der Waals surface area contributed by atoms with Gasteiger partial charge in [0.1, 0.15) is 17.4 Å². The fourth-order valence-electron chi connectivity index (χ4n) is 2.66. The zero-order chi connectivity index (χ0) is 18.0. The highest BCUT2D eigenvalue weighted by Gasteiger charge is 2.32. The first-order valence-electron chi connectivity index (χ1n) is 7.55. The van der Waals surface area contributed by atoms with Crippen molar-refractivity contribution in [2.45, 2.75) is 44.7 Å². The summed E-state index contributed by atoms with van der Waals surface area (Å²) in [6, 6.07) is -1.24. The van der Waals surface area contributed by atoms with Crippen LogP contribution in [0.5, 0.6) is 0 Å². The lowest BCUT2D eigenvalue weighted by Crippen LogP contribution is -2.45. The standard InChI is InChI=1S/C14H19ClF4N4O/c1-7(14(24)20-8-3-5-22(2)6-4-8)23-11(13(18)19)9(15)10(21-23)12(16)17/h7-8,12-13H,3-6H2,1-2H3,(H,20,24). The second-order valence-electron chi connectivity index (χ2n) is 5.89. The third kappa shape index (κ3) is 4.00. The molecule has 1 aliphatic rings. The molecule has 5 nitrogen and oxygen atoms in total. The Hall–Kier alpha value is -1.35. The smallest absolute Gasteiger partial charge is 0.283 e. The Kier molecular flexibility index (Phi) is 6.08. The van der Waals surface area contributed by atoms with Gasteiger partial charge in [-0.1, -0.05) is 11.6 Å². The average Bonchev–Trinajstić information content (AvgIpc) is 2.86. The Morgan fingerprint density at radius 1 is 1.25 bits per heavy atom. The van der Waals surface area contributed by atoms with Crippen molar-refractivity contribution >= 4 is 17.5 Å². The predicted octanol–water partition coefficient (Wildman–Crippen LogP) is 3.18. The number of rotatable bonds is 5. The van der Waals surface area contributed by atoms with Gasteiger partial charge in [0.15, 0.2) is 0 Å². The molecule has 1 amide bonds. The van der Waals surface area contributed by atoms with Crippen molar-refractivity contribution in [2.75, 3.05) is 20.1 Å². The predicted molar refractivity (Wildman–Crippen MR) is 80.5 cm³/mol. The van der Waals surface area contributed by atoms with Gasteiger partial charge in [-0.15, -0.1) is 0 Å². The molecule has 1 saturated heterocycles. The molecule has 1 unspecified atom stereocenters. The van der Waals surface area contributed by atoms with E-state index in [0.29, 0.717) is 4.68 Å². The number of nitrogens with zero attached hydrogens (tertiary/aromatic N) is 3. The third-order valence-electron chi connectivity index (χ3n) is 4.14. The van der Waals surface area contributed by atoms with Crippen molar-refractivity contribution in [3.63, 3.8) is 0 Å². The van der Waals surface area contributed by atoms with E-state index in [-0.39, 0.29) is 6.04 Å². The van der Waals surface area contributed by atoms with Crippen LogP contribution >= 0.6 is 11.6 Å². The summed E-state index contributed by atoms with van der Waals surface area (Å²) in [5.74, 6) is -0.550. The summed E-state index contributed by atoms with van der Waals surface area (Å²) in [4.78, 5) is 14.4. The molecular formula is C14H19ClF4N4O. The van der Waals surface area contributed by atoms with Gasteiger partial charge < -0.3 is 10.2 Å². The van der Waals surface area contributed by atoms with E-state index in [1.807, 2.05) is 7.05 Å². The zero-order valence-corrected chi connectivity index (χ0v) is 14.0. The summed E-state index contributed by atoms with van der Waals surface area (Å²) in [6.07, 6.45) is -4.74. The number of hydrogen-bond donors (Lipinski definition) is 1. The molecule has 1 fully saturated rings. The van der Waals surface area contributed by atoms with Crippen LogP contribution in [0.25, 0.3) is 0 Å². The normalized spacial score (nSPS) is 18.4. The lowest BCUT2D eigenvalue weighted by atomic mass is 10.1. The minimum Gasteiger partial charge on any atom is -0.351 e. The van der Waals surface area contributed by atoms with Crippen LogP contribution in [-0.4, -0.2) is 46.8 Å². The van der Waals surface area contributed by atoms with Gasteiger partial charge in [-0.25, -0.2) is 22.2 Å². The molecule has 1 N–H and O–H groups in total. The lowest BCUT2D eigenvalue weighted by molar-refractivity contribution is -0.125. The maximum Gasteiger partial charge on any atom is 0.283 e. The molecule has 0 aliphatic carbocycles. The fraction of sp³-hybridized carbons (Fsp3) is 0.714. The van der Waals surface area contributed by atoms with Crippen molar-refractivity contribution in [1.29, 1.82) is 0 Å². The van der Waals surface area contributed by atoms with Gasteiger partial charge in [0.25, 0.3) is 12.9 Å². The number of halogens is 5. The number of carbonyl (C=O) groups excluding carboxylic acids is 1. The number of likely N-dealkylation sites (tertiary alicyclic amines) is 1. The maximum absolute atomic E-state index is 13.2. The van der Waals surface area contributed by atoms with E-state index in [1.165, 1.54) is 6.92 Å². The van der Waals surface area contributed by atoms with Gasteiger partial charge in [0.2, 0.25) is 5.91 Å². The van der Waals surface area contributed by atoms with Crippen LogP contribution in [0.3, 0.4) is 0 Å². The van der Waals surface area contributed by atoms with Gasteiger partial charge in [-0.2, -0.15) is 5.10 Å². The monoisotopic (exact) mass is 370 g/mol. The van der Waals surface area contributed by atoms with Gasteiger partial charge >= 0.3 is 0 Å². The number of hydrogen-bond acceptors (Lipinski definition) is 3. The minimum atomic E-state index is -3.11. The molecule has 10 heteroatoms. The topological polar surface area (TPSA) is 50.2 Å². The fourth-order valence-corrected chi connectivity index (χ4v) is 2.95. The maximum atomic E-state index is 13.2. The lowest BCUT2D eigenvalue weighted by Gasteiger charge is -2.30. The molecule has 1 aliphatic heterocycles. The van der Waals surface area contributed by atoms with E-state index in [4.69, 9.17) is 11.6 Å². The molecule has 0 saturated carbocycles. The highest BCUT2D eigenvalue weighted by molar-refractivity contribution is 6.32. The SMILES string of the molecule is CC(C(=O)NC1CCN(C)CC1)n1nc(C(F)F)c(Cl)c1C(F)F. The van der Waals surface area contributed by atoms with Crippen molar-refractivity contribution < 1.29 is 22.4 Å². The number of aromatic nitrogens is 2. The van der Waals surface area contributed by atoms with Crippen LogP contribution in [0.15, 0.2) is 0 Å². The average molecular weight is 371 g/mol. The van der Waals surface area contributed by atoms with Crippen molar-refractivity contribution in [2.24, 2.45) is 0 Å². The van der Waals surface area contributed by atoms with E-state index in [0.717, 1.165) is 25.9 Å². The highest BCUT2D eigenvalue weighted by Crippen LogP contribution is 2.36. The number of nitrogens with one attached hydrogen (secondary N) is 1. The van der Waals surface area contributed by atoms with Crippen molar-refractivity contribution in [1.82, 2.24) is 20.0 Å². The molecular weight excluding hydrogens is 352 g/mol. The van der Waals surface area contributed by atoms with Crippen LogP contribution in [0.2, 0.25) is 5.02 Å². The molecule has 1 aromatic rings. The summed E-state index contributed by atoms with van der Waals surface area (Å²) in [5, 5.41) is 5.41. The number of amides is 1. The summed E-state index contributed by atoms with van der Waals surface area (Å²) in [7, 11) is 1.97. The Labute approximate surface area is 141 Å². The van der Waals surface area contributed by atoms with Crippen LogP contribution in [0.4, 0.5) is 17.6 Å². The number of piperidine rings is 1. The Morgan fingerprint density at radius 2 is 1.83 bits per heavy atom. The molecule has 0 bridgehead atoms. The van der Waals surface area contributed by atoms with Gasteiger partial charge in [-0.3, -0.25) is 4.79 Å². The van der Waals surface area contributed by atoms with Crippen LogP contribution in [-0.2, 0) is 4.79 Å². The first kappa shape index (κ1) is 19.0. The molecule has 1 aromatic heterocycles. The summed E-state index contributed by atoms with van der Waals surface area (Å²) in [6.45, 7) is 2.95. The molecule has 0 radical (unpaired) electrons. The molecule has 136 valence electrons. The zero-order valence-electron chi connectivity index (χ0n) is 13.3. The first-order valence-corrected chi connectivity index (χ1v) is 7.93. The van der Waals surface area contributed by atoms with Crippen molar-refractivity contribution in [3.8, 4) is 0 Å². The van der Waals surface area contributed by atoms with Crippen LogP contribution in [0.1, 0.15) is 50.0 Å². The molecule has 0 spiro atoms. The second kappa shape index (κ2) is 7.69. The summed E-state index contributed by atoms with van der Waals surface area (Å²) < 4.78 is 52.6. The number of carbonyl (C=O) groups is 1. The molecule has 2 heterocycles. The number of alkyl halides is 4. The van der Waals surface area contributed by atoms with E-state index in [2.05, 4.69) is 15.3 Å². The molecule has 0 aromatic carbocycles. The molecule has 24 heavy (non-hydrogen) atoms.